The Morgan fingerprint density at radius 3 is 1.04 bits per heavy atom. The van der Waals surface area contributed by atoms with Gasteiger partial charge in [0.2, 0.25) is 0 Å². The van der Waals surface area contributed by atoms with Gasteiger partial charge in [0.05, 0.1) is 0 Å². The Hall–Kier alpha value is -0.920. The van der Waals surface area contributed by atoms with Crippen molar-refractivity contribution >= 4 is 0 Å². The molecule has 0 aromatic rings. The Kier molecular flexibility index (Phi) is 25.7. The third-order valence-corrected chi connectivity index (χ3v) is 4.30. The van der Waals surface area contributed by atoms with Gasteiger partial charge in [-0.05, 0) is 24.7 Å². The van der Waals surface area contributed by atoms with Crippen molar-refractivity contribution in [2.24, 2.45) is 0 Å². The molecule has 0 fully saturated rings. The Morgan fingerprint density at radius 2 is 0.708 bits per heavy atom. The molecule has 0 aromatic heterocycles. The highest BCUT2D eigenvalue weighted by Crippen LogP contribution is 2.09. The zero-order valence-electron chi connectivity index (χ0n) is 16.7. The Morgan fingerprint density at radius 1 is 0.417 bits per heavy atom. The highest BCUT2D eigenvalue weighted by Gasteiger charge is 1.90. The van der Waals surface area contributed by atoms with Crippen LogP contribution in [-0.2, 0) is 0 Å². The van der Waals surface area contributed by atoms with Gasteiger partial charge in [0.15, 0.2) is 0 Å². The van der Waals surface area contributed by atoms with Gasteiger partial charge in [-0.15, -0.1) is 0 Å². The molecule has 0 rings (SSSR count). The summed E-state index contributed by atoms with van der Waals surface area (Å²) in [7, 11) is 0. The molecule has 0 aromatic carbocycles. The Balaban J connectivity index is 0. The minimum atomic E-state index is 0. The predicted molar refractivity (Wildman–Crippen MR) is 110 cm³/mol. The lowest BCUT2D eigenvalue weighted by molar-refractivity contribution is 0.579. The molecule has 0 saturated heterocycles. The average molecular weight is 334 g/mol. The van der Waals surface area contributed by atoms with E-state index in [0.717, 1.165) is 12.8 Å². The lowest BCUT2D eigenvalue weighted by atomic mass is 10.1. The van der Waals surface area contributed by atoms with Crippen molar-refractivity contribution in [1.82, 2.24) is 6.15 Å². The van der Waals surface area contributed by atoms with Crippen molar-refractivity contribution in [3.8, 4) is 23.7 Å². The fourth-order valence-corrected chi connectivity index (χ4v) is 2.73. The quantitative estimate of drug-likeness (QED) is 0.240. The van der Waals surface area contributed by atoms with Gasteiger partial charge in [-0.2, -0.15) is 0 Å². The van der Waals surface area contributed by atoms with Gasteiger partial charge in [0.25, 0.3) is 0 Å². The van der Waals surface area contributed by atoms with Crippen LogP contribution in [0.2, 0.25) is 0 Å². The molecular formula is C23H43N. The van der Waals surface area contributed by atoms with E-state index in [-0.39, 0.29) is 6.15 Å². The van der Waals surface area contributed by atoms with Gasteiger partial charge in [0.1, 0.15) is 0 Å². The van der Waals surface area contributed by atoms with Gasteiger partial charge in [0, 0.05) is 12.8 Å². The van der Waals surface area contributed by atoms with Crippen LogP contribution in [0.15, 0.2) is 0 Å². The van der Waals surface area contributed by atoms with Crippen LogP contribution in [0.3, 0.4) is 0 Å². The fourth-order valence-electron chi connectivity index (χ4n) is 2.73. The molecule has 1 heteroatoms. The molecule has 0 aliphatic heterocycles. The molecule has 0 atom stereocenters. The maximum absolute atomic E-state index is 3.20. The summed E-state index contributed by atoms with van der Waals surface area (Å²) in [6.07, 6.45) is 22.5. The molecule has 3 N–H and O–H groups in total. The number of unbranched alkanes of at least 4 members (excludes halogenated alkanes) is 15. The van der Waals surface area contributed by atoms with Crippen LogP contribution in [0.1, 0.15) is 123 Å². The summed E-state index contributed by atoms with van der Waals surface area (Å²) in [5, 5.41) is 0. The summed E-state index contributed by atoms with van der Waals surface area (Å²) < 4.78 is 0. The van der Waals surface area contributed by atoms with Gasteiger partial charge in [-0.1, -0.05) is 109 Å². The first-order valence-electron chi connectivity index (χ1n) is 10.4. The summed E-state index contributed by atoms with van der Waals surface area (Å²) in [5.74, 6) is 12.4. The van der Waals surface area contributed by atoms with E-state index in [1.54, 1.807) is 0 Å². The zero-order valence-corrected chi connectivity index (χ0v) is 16.7. The highest BCUT2D eigenvalue weighted by molar-refractivity contribution is 5.25. The standard InChI is InChI=1S/C23H40.H3N/c1-3-5-7-9-11-13-15-17-19-21-23-22-20-18-16-14-12-10-8-6-4-2;/h3-19H2,1-2H3;1H3. The molecule has 0 aliphatic carbocycles. The normalized spacial score (nSPS) is 9.42. The average Bonchev–Trinajstić information content (AvgIpc) is 2.57. The maximum Gasteiger partial charge on any atom is 0.00989 e. The minimum Gasteiger partial charge on any atom is -0.344 e. The van der Waals surface area contributed by atoms with Gasteiger partial charge >= 0.3 is 0 Å². The molecule has 0 spiro atoms. The van der Waals surface area contributed by atoms with Crippen molar-refractivity contribution < 1.29 is 0 Å². The van der Waals surface area contributed by atoms with Crippen LogP contribution in [-0.4, -0.2) is 0 Å². The van der Waals surface area contributed by atoms with E-state index in [1.165, 1.54) is 96.3 Å². The smallest absolute Gasteiger partial charge is 0.00989 e. The van der Waals surface area contributed by atoms with Crippen LogP contribution in [0, 0.1) is 23.7 Å². The van der Waals surface area contributed by atoms with Gasteiger partial charge in [-0.3, -0.25) is 0 Å². The highest BCUT2D eigenvalue weighted by atomic mass is 14.0. The van der Waals surface area contributed by atoms with Crippen molar-refractivity contribution in [3.05, 3.63) is 0 Å². The Labute approximate surface area is 153 Å². The van der Waals surface area contributed by atoms with Gasteiger partial charge < -0.3 is 6.15 Å². The molecule has 0 saturated carbocycles. The second-order valence-corrected chi connectivity index (χ2v) is 6.70. The fraction of sp³-hybridized carbons (Fsp3) is 0.826. The summed E-state index contributed by atoms with van der Waals surface area (Å²) in [5.41, 5.74) is 0. The minimum absolute atomic E-state index is 0. The number of rotatable bonds is 15. The molecule has 0 radical (unpaired) electrons. The molecule has 0 unspecified atom stereocenters. The van der Waals surface area contributed by atoms with Crippen LogP contribution in [0.25, 0.3) is 0 Å². The summed E-state index contributed by atoms with van der Waals surface area (Å²) in [4.78, 5) is 0. The van der Waals surface area contributed by atoms with E-state index < -0.39 is 0 Å². The zero-order chi connectivity index (χ0) is 16.8. The van der Waals surface area contributed by atoms with E-state index in [9.17, 15) is 0 Å². The lowest BCUT2D eigenvalue weighted by Crippen LogP contribution is -1.80. The molecule has 0 heterocycles. The summed E-state index contributed by atoms with van der Waals surface area (Å²) in [6.45, 7) is 4.54. The van der Waals surface area contributed by atoms with Gasteiger partial charge in [-0.25, -0.2) is 0 Å². The first-order valence-corrected chi connectivity index (χ1v) is 10.4. The lowest BCUT2D eigenvalue weighted by Gasteiger charge is -1.98. The van der Waals surface area contributed by atoms with Crippen LogP contribution in [0.5, 0.6) is 0 Å². The van der Waals surface area contributed by atoms with Crippen LogP contribution < -0.4 is 6.15 Å². The van der Waals surface area contributed by atoms with E-state index in [2.05, 4.69) is 37.5 Å². The molecule has 0 amide bonds. The third kappa shape index (κ3) is 23.3. The SMILES string of the molecule is CCCCCCCCCC#CC#CCCCCCCCCCC.N. The molecule has 140 valence electrons. The van der Waals surface area contributed by atoms with Crippen LogP contribution >= 0.6 is 0 Å². The van der Waals surface area contributed by atoms with Crippen molar-refractivity contribution in [1.29, 1.82) is 0 Å². The monoisotopic (exact) mass is 333 g/mol. The topological polar surface area (TPSA) is 35.0 Å². The van der Waals surface area contributed by atoms with Crippen molar-refractivity contribution in [2.75, 3.05) is 0 Å². The van der Waals surface area contributed by atoms with E-state index in [0.29, 0.717) is 0 Å². The van der Waals surface area contributed by atoms with E-state index in [1.807, 2.05) is 0 Å². The first kappa shape index (κ1) is 25.3. The predicted octanol–water partition coefficient (Wildman–Crippen LogP) is 7.83. The first-order chi connectivity index (χ1) is 11.4. The van der Waals surface area contributed by atoms with E-state index >= 15 is 0 Å². The molecular weight excluding hydrogens is 290 g/mol. The molecule has 24 heavy (non-hydrogen) atoms. The second kappa shape index (κ2) is 24.3. The van der Waals surface area contributed by atoms with Crippen molar-refractivity contribution in [3.63, 3.8) is 0 Å². The largest absolute Gasteiger partial charge is 0.344 e. The molecule has 1 nitrogen and oxygen atoms in total. The summed E-state index contributed by atoms with van der Waals surface area (Å²) >= 11 is 0. The third-order valence-electron chi connectivity index (χ3n) is 4.30. The van der Waals surface area contributed by atoms with Crippen molar-refractivity contribution in [2.45, 2.75) is 123 Å². The number of hydrogen-bond donors (Lipinski definition) is 1. The maximum atomic E-state index is 3.20. The molecule has 0 bridgehead atoms. The van der Waals surface area contributed by atoms with Crippen LogP contribution in [0.4, 0.5) is 0 Å². The second-order valence-electron chi connectivity index (χ2n) is 6.70. The number of hydrogen-bond acceptors (Lipinski definition) is 1. The summed E-state index contributed by atoms with van der Waals surface area (Å²) in [6, 6.07) is 0. The van der Waals surface area contributed by atoms with E-state index in [4.69, 9.17) is 0 Å². The Bertz CT molecular complexity index is 337. The molecule has 0 aliphatic rings.